The predicted octanol–water partition coefficient (Wildman–Crippen LogP) is 1.48. The molecule has 3 N–H and O–H groups in total. The summed E-state index contributed by atoms with van der Waals surface area (Å²) in [6.45, 7) is 0.820. The average molecular weight is 395 g/mol. The van der Waals surface area contributed by atoms with Gasteiger partial charge in [0.2, 0.25) is 11.8 Å². The van der Waals surface area contributed by atoms with Crippen LogP contribution in [0.2, 0.25) is 0 Å². The molecular formula is C21H25N5O3. The Bertz CT molecular complexity index is 909. The quantitative estimate of drug-likeness (QED) is 0.689. The summed E-state index contributed by atoms with van der Waals surface area (Å²) < 4.78 is 1.84. The lowest BCUT2D eigenvalue weighted by Crippen LogP contribution is -2.43. The van der Waals surface area contributed by atoms with Crippen LogP contribution in [0.4, 0.5) is 5.82 Å². The Hall–Kier alpha value is -3.16. The summed E-state index contributed by atoms with van der Waals surface area (Å²) in [6, 6.07) is 5.66. The number of rotatable bonds is 6. The minimum Gasteiger partial charge on any atom is -0.352 e. The number of amides is 3. The van der Waals surface area contributed by atoms with Gasteiger partial charge >= 0.3 is 0 Å². The smallest absolute Gasteiger partial charge is 0.252 e. The molecule has 2 aliphatic rings. The molecule has 4 rings (SSSR count). The predicted molar refractivity (Wildman–Crippen MR) is 107 cm³/mol. The van der Waals surface area contributed by atoms with Gasteiger partial charge in [0.05, 0.1) is 5.56 Å². The summed E-state index contributed by atoms with van der Waals surface area (Å²) in [5, 5.41) is 8.81. The maximum absolute atomic E-state index is 12.6. The third-order valence-electron chi connectivity index (χ3n) is 5.63. The molecule has 2 atom stereocenters. The van der Waals surface area contributed by atoms with Gasteiger partial charge in [-0.3, -0.25) is 14.4 Å². The van der Waals surface area contributed by atoms with Crippen molar-refractivity contribution in [1.29, 1.82) is 0 Å². The molecule has 2 aromatic heterocycles. The first-order valence-electron chi connectivity index (χ1n) is 10.1. The fourth-order valence-electron chi connectivity index (χ4n) is 4.07. The second-order valence-electron chi connectivity index (χ2n) is 7.71. The van der Waals surface area contributed by atoms with E-state index in [0.717, 1.165) is 24.8 Å². The van der Waals surface area contributed by atoms with E-state index in [1.807, 2.05) is 29.1 Å². The van der Waals surface area contributed by atoms with Crippen molar-refractivity contribution in [3.63, 3.8) is 0 Å². The highest BCUT2D eigenvalue weighted by Gasteiger charge is 2.29. The number of nitrogens with zero attached hydrogens (tertiary/aromatic N) is 2. The maximum atomic E-state index is 12.6. The standard InChI is InChI=1S/C21H25N5O3/c27-18-7-6-14-10-16(12-22-20(14)25-18)21(29)23-11-15-4-3-5-17(15)24-19(28)13-26-8-1-2-9-26/h1-2,8-10,12,15,17H,3-7,11,13H2,(H,23,29)(H,24,28)(H,22,25,27). The van der Waals surface area contributed by atoms with Crippen molar-refractivity contribution < 1.29 is 14.4 Å². The van der Waals surface area contributed by atoms with Crippen molar-refractivity contribution in [1.82, 2.24) is 20.2 Å². The molecular weight excluding hydrogens is 370 g/mol. The van der Waals surface area contributed by atoms with Crippen molar-refractivity contribution in [2.24, 2.45) is 5.92 Å². The third kappa shape index (κ3) is 4.64. The van der Waals surface area contributed by atoms with Crippen molar-refractivity contribution in [3.8, 4) is 0 Å². The highest BCUT2D eigenvalue weighted by atomic mass is 16.2. The molecule has 29 heavy (non-hydrogen) atoms. The second kappa shape index (κ2) is 8.46. The van der Waals surface area contributed by atoms with E-state index in [2.05, 4.69) is 20.9 Å². The summed E-state index contributed by atoms with van der Waals surface area (Å²) in [4.78, 5) is 40.5. The highest BCUT2D eigenvalue weighted by Crippen LogP contribution is 2.25. The number of aromatic nitrogens is 2. The summed E-state index contributed by atoms with van der Waals surface area (Å²) in [5.74, 6) is 0.525. The minimum atomic E-state index is -0.179. The zero-order valence-electron chi connectivity index (χ0n) is 16.2. The van der Waals surface area contributed by atoms with Gasteiger partial charge in [0, 0.05) is 37.6 Å². The lowest BCUT2D eigenvalue weighted by atomic mass is 10.0. The van der Waals surface area contributed by atoms with Crippen LogP contribution in [-0.4, -0.2) is 39.9 Å². The van der Waals surface area contributed by atoms with Gasteiger partial charge in [-0.15, -0.1) is 0 Å². The molecule has 0 spiro atoms. The van der Waals surface area contributed by atoms with Gasteiger partial charge in [0.25, 0.3) is 5.91 Å². The van der Waals surface area contributed by atoms with Crippen molar-refractivity contribution in [2.45, 2.75) is 44.7 Å². The molecule has 3 heterocycles. The minimum absolute atomic E-state index is 0.00893. The average Bonchev–Trinajstić information content (AvgIpc) is 3.37. The van der Waals surface area contributed by atoms with Gasteiger partial charge in [0.15, 0.2) is 0 Å². The topological polar surface area (TPSA) is 105 Å². The Labute approximate surface area is 169 Å². The van der Waals surface area contributed by atoms with E-state index in [4.69, 9.17) is 0 Å². The van der Waals surface area contributed by atoms with Crippen LogP contribution in [0, 0.1) is 5.92 Å². The first-order valence-corrected chi connectivity index (χ1v) is 10.1. The lowest BCUT2D eigenvalue weighted by molar-refractivity contribution is -0.122. The molecule has 8 heteroatoms. The fraction of sp³-hybridized carbons (Fsp3) is 0.429. The van der Waals surface area contributed by atoms with E-state index in [0.29, 0.717) is 37.3 Å². The molecule has 0 radical (unpaired) electrons. The molecule has 2 unspecified atom stereocenters. The van der Waals surface area contributed by atoms with Crippen LogP contribution in [0.3, 0.4) is 0 Å². The fourth-order valence-corrected chi connectivity index (χ4v) is 4.07. The monoisotopic (exact) mass is 395 g/mol. The molecule has 3 amide bonds. The number of carbonyl (C=O) groups is 3. The Morgan fingerprint density at radius 1 is 1.21 bits per heavy atom. The summed E-state index contributed by atoms with van der Waals surface area (Å²) in [6.07, 6.45) is 9.16. The molecule has 8 nitrogen and oxygen atoms in total. The van der Waals surface area contributed by atoms with Gasteiger partial charge in [-0.2, -0.15) is 0 Å². The van der Waals surface area contributed by atoms with E-state index in [-0.39, 0.29) is 29.7 Å². The van der Waals surface area contributed by atoms with E-state index < -0.39 is 0 Å². The van der Waals surface area contributed by atoms with Crippen LogP contribution in [0.15, 0.2) is 36.8 Å². The van der Waals surface area contributed by atoms with Gasteiger partial charge < -0.3 is 20.5 Å². The summed E-state index contributed by atoms with van der Waals surface area (Å²) in [5.41, 5.74) is 1.37. The first-order chi connectivity index (χ1) is 14.1. The van der Waals surface area contributed by atoms with E-state index in [9.17, 15) is 14.4 Å². The molecule has 1 fully saturated rings. The molecule has 0 saturated heterocycles. The molecule has 1 saturated carbocycles. The number of aryl methyl sites for hydroxylation is 1. The van der Waals surface area contributed by atoms with Crippen LogP contribution in [-0.2, 0) is 22.6 Å². The third-order valence-corrected chi connectivity index (χ3v) is 5.63. The molecule has 0 bridgehead atoms. The highest BCUT2D eigenvalue weighted by molar-refractivity contribution is 5.96. The Balaban J connectivity index is 1.30. The molecule has 152 valence electrons. The number of carbonyl (C=O) groups excluding carboxylic acids is 3. The number of nitrogens with one attached hydrogen (secondary N) is 3. The lowest BCUT2D eigenvalue weighted by Gasteiger charge is -2.22. The van der Waals surface area contributed by atoms with Crippen molar-refractivity contribution >= 4 is 23.5 Å². The number of anilines is 1. The molecule has 1 aliphatic heterocycles. The van der Waals surface area contributed by atoms with Gasteiger partial charge in [-0.05, 0) is 48.9 Å². The molecule has 2 aromatic rings. The normalized spacial score (nSPS) is 20.6. The Kier molecular flexibility index (Phi) is 5.59. The van der Waals surface area contributed by atoms with Crippen LogP contribution in [0.5, 0.6) is 0 Å². The van der Waals surface area contributed by atoms with E-state index >= 15 is 0 Å². The molecule has 1 aliphatic carbocycles. The van der Waals surface area contributed by atoms with Gasteiger partial charge in [0.1, 0.15) is 12.4 Å². The maximum Gasteiger partial charge on any atom is 0.252 e. The number of fused-ring (bicyclic) bond motifs is 1. The van der Waals surface area contributed by atoms with Crippen molar-refractivity contribution in [2.75, 3.05) is 11.9 Å². The van der Waals surface area contributed by atoms with Crippen LogP contribution in [0.1, 0.15) is 41.6 Å². The largest absolute Gasteiger partial charge is 0.352 e. The van der Waals surface area contributed by atoms with Crippen molar-refractivity contribution in [3.05, 3.63) is 47.9 Å². The Morgan fingerprint density at radius 2 is 2.03 bits per heavy atom. The summed E-state index contributed by atoms with van der Waals surface area (Å²) in [7, 11) is 0. The van der Waals surface area contributed by atoms with Gasteiger partial charge in [-0.1, -0.05) is 6.42 Å². The Morgan fingerprint density at radius 3 is 2.86 bits per heavy atom. The SMILES string of the molecule is O=C1CCc2cc(C(=O)NCC3CCCC3NC(=O)Cn3cccc3)cnc2N1. The number of hydrogen-bond donors (Lipinski definition) is 3. The summed E-state index contributed by atoms with van der Waals surface area (Å²) >= 11 is 0. The zero-order valence-corrected chi connectivity index (χ0v) is 16.2. The van der Waals surface area contributed by atoms with E-state index in [1.54, 1.807) is 6.07 Å². The first kappa shape index (κ1) is 19.2. The zero-order chi connectivity index (χ0) is 20.2. The second-order valence-corrected chi connectivity index (χ2v) is 7.71. The van der Waals surface area contributed by atoms with E-state index in [1.165, 1.54) is 6.20 Å². The number of hydrogen-bond acceptors (Lipinski definition) is 4. The van der Waals surface area contributed by atoms with Gasteiger partial charge in [-0.25, -0.2) is 4.98 Å². The van der Waals surface area contributed by atoms with Crippen LogP contribution >= 0.6 is 0 Å². The number of pyridine rings is 1. The van der Waals surface area contributed by atoms with Crippen LogP contribution < -0.4 is 16.0 Å². The van der Waals surface area contributed by atoms with Crippen LogP contribution in [0.25, 0.3) is 0 Å². The molecule has 0 aromatic carbocycles.